The van der Waals surface area contributed by atoms with Crippen LogP contribution in [0.3, 0.4) is 0 Å². The number of amides is 1. The number of carbonyl (C=O) groups is 2. The Morgan fingerprint density at radius 1 is 1.21 bits per heavy atom. The van der Waals surface area contributed by atoms with Crippen LogP contribution in [0.15, 0.2) is 6.07 Å². The van der Waals surface area contributed by atoms with Crippen LogP contribution in [-0.4, -0.2) is 69.9 Å². The number of carbonyl (C=O) groups excluding carboxylic acids is 1. The van der Waals surface area contributed by atoms with Crippen molar-refractivity contribution in [3.63, 3.8) is 0 Å². The van der Waals surface area contributed by atoms with Crippen molar-refractivity contribution in [1.82, 2.24) is 20.3 Å². The molecule has 0 bridgehead atoms. The van der Waals surface area contributed by atoms with Gasteiger partial charge in [-0.2, -0.15) is 0 Å². The van der Waals surface area contributed by atoms with E-state index >= 15 is 0 Å². The number of aromatic amines is 1. The molecule has 3 N–H and O–H groups in total. The Kier molecular flexibility index (Phi) is 5.90. The summed E-state index contributed by atoms with van der Waals surface area (Å²) in [5.74, 6) is -0.479. The van der Waals surface area contributed by atoms with E-state index in [9.17, 15) is 9.59 Å². The van der Waals surface area contributed by atoms with E-state index in [1.807, 2.05) is 4.90 Å². The molecular formula is C16H15Cl3LiN5O3. The van der Waals surface area contributed by atoms with E-state index < -0.39 is 5.97 Å². The molecule has 0 spiro atoms. The molecule has 28 heavy (non-hydrogen) atoms. The molecule has 2 aliphatic rings. The normalized spacial score (nSPS) is 22.4. The van der Waals surface area contributed by atoms with Crippen LogP contribution >= 0.6 is 34.8 Å². The minimum atomic E-state index is -1.16. The Hall–Kier alpha value is -1.43. The van der Waals surface area contributed by atoms with Crippen LogP contribution < -0.4 is 10.2 Å². The number of fused-ring (bicyclic) bond motifs is 1. The number of rotatable bonds is 4. The topological polar surface area (TPSA) is 111 Å². The molecule has 1 saturated heterocycles. The molecule has 2 fully saturated rings. The van der Waals surface area contributed by atoms with Crippen LogP contribution in [0.5, 0.6) is 0 Å². The van der Waals surface area contributed by atoms with Gasteiger partial charge in [0.2, 0.25) is 5.28 Å². The predicted molar refractivity (Wildman–Crippen MR) is 107 cm³/mol. The molecule has 2 aromatic heterocycles. The maximum absolute atomic E-state index is 12.4. The molecule has 1 aliphatic heterocycles. The molecule has 1 amide bonds. The number of hydrogen-bond acceptors (Lipinski definition) is 5. The Balaban J connectivity index is 0.00000225. The fourth-order valence-corrected chi connectivity index (χ4v) is 4.15. The first kappa shape index (κ1) is 21.3. The van der Waals surface area contributed by atoms with Gasteiger partial charge in [-0.05, 0) is 18.5 Å². The van der Waals surface area contributed by atoms with Crippen molar-refractivity contribution in [3.8, 4) is 0 Å². The molecular weight excluding hydrogens is 424 g/mol. The van der Waals surface area contributed by atoms with Crippen molar-refractivity contribution in [1.29, 1.82) is 0 Å². The fraction of sp³-hybridized carbons (Fsp3) is 0.375. The predicted octanol–water partition coefficient (Wildman–Crippen LogP) is 1.99. The van der Waals surface area contributed by atoms with Crippen molar-refractivity contribution in [2.75, 3.05) is 18.0 Å². The Morgan fingerprint density at radius 2 is 1.86 bits per heavy atom. The van der Waals surface area contributed by atoms with Gasteiger partial charge in [0.1, 0.15) is 11.5 Å². The van der Waals surface area contributed by atoms with Crippen LogP contribution in [0.4, 0.5) is 5.82 Å². The maximum atomic E-state index is 12.4. The van der Waals surface area contributed by atoms with Gasteiger partial charge in [0.15, 0.2) is 5.69 Å². The average molecular weight is 439 g/mol. The molecule has 4 rings (SSSR count). The number of aromatic carboxylic acids is 1. The number of nitrogens with zero attached hydrogens (tertiary/aromatic N) is 3. The molecule has 1 saturated carbocycles. The quantitative estimate of drug-likeness (QED) is 0.497. The van der Waals surface area contributed by atoms with Gasteiger partial charge in [-0.15, -0.1) is 0 Å². The fourth-order valence-electron chi connectivity index (χ4n) is 3.56. The molecule has 0 aromatic carbocycles. The minimum absolute atomic E-state index is 0. The number of aryl methyl sites for hydroxylation is 1. The van der Waals surface area contributed by atoms with Crippen molar-refractivity contribution >= 4 is 71.4 Å². The van der Waals surface area contributed by atoms with E-state index in [1.54, 1.807) is 6.92 Å². The number of aromatic nitrogens is 3. The van der Waals surface area contributed by atoms with Gasteiger partial charge in [0.25, 0.3) is 5.91 Å². The molecule has 0 radical (unpaired) electrons. The molecule has 3 heterocycles. The summed E-state index contributed by atoms with van der Waals surface area (Å²) in [4.78, 5) is 36.2. The van der Waals surface area contributed by atoms with E-state index in [0.29, 0.717) is 29.6 Å². The summed E-state index contributed by atoms with van der Waals surface area (Å²) in [6, 6.07) is 1.43. The zero-order valence-electron chi connectivity index (χ0n) is 14.0. The molecule has 12 heteroatoms. The van der Waals surface area contributed by atoms with Gasteiger partial charge in [0.05, 0.1) is 10.0 Å². The first-order valence-electron chi connectivity index (χ1n) is 8.13. The van der Waals surface area contributed by atoms with E-state index in [-0.39, 0.29) is 64.3 Å². The summed E-state index contributed by atoms with van der Waals surface area (Å²) < 4.78 is 0. The zero-order chi connectivity index (χ0) is 19.5. The number of carboxylic acids is 1. The third-order valence-electron chi connectivity index (χ3n) is 5.00. The zero-order valence-corrected chi connectivity index (χ0v) is 16.2. The third kappa shape index (κ3) is 3.72. The molecule has 2 aromatic rings. The monoisotopic (exact) mass is 437 g/mol. The second kappa shape index (κ2) is 7.77. The standard InChI is InChI=1S/C16H14Cl3N5O3.Li.H/c1-5-10(17)11(18)13(20-5)14(25)23-12-6-3-24(4-7(6)12)9-2-8(15(26)27)21-16(19)22-9;;/h2,6-7,12,20H,3-4H2,1H3,(H,23,25)(H,26,27);;/t6-,7+,12?;;. The molecule has 3 atom stereocenters. The van der Waals surface area contributed by atoms with Gasteiger partial charge in [0, 0.05) is 42.7 Å². The summed E-state index contributed by atoms with van der Waals surface area (Å²) in [6.07, 6.45) is 0. The number of piperidine rings is 1. The van der Waals surface area contributed by atoms with Crippen molar-refractivity contribution < 1.29 is 14.7 Å². The Bertz CT molecular complexity index is 957. The van der Waals surface area contributed by atoms with Crippen LogP contribution in [0.1, 0.15) is 26.7 Å². The van der Waals surface area contributed by atoms with Gasteiger partial charge >= 0.3 is 24.8 Å². The molecule has 8 nitrogen and oxygen atoms in total. The van der Waals surface area contributed by atoms with Crippen LogP contribution in [0.25, 0.3) is 0 Å². The first-order chi connectivity index (χ1) is 12.8. The average Bonchev–Trinajstić information content (AvgIpc) is 2.95. The van der Waals surface area contributed by atoms with Crippen LogP contribution in [0.2, 0.25) is 15.3 Å². The number of carboxylic acid groups (broad SMARTS) is 1. The summed E-state index contributed by atoms with van der Waals surface area (Å²) in [5, 5.41) is 12.5. The summed E-state index contributed by atoms with van der Waals surface area (Å²) in [7, 11) is 0. The van der Waals surface area contributed by atoms with Crippen LogP contribution in [-0.2, 0) is 0 Å². The van der Waals surface area contributed by atoms with Gasteiger partial charge in [-0.1, -0.05) is 23.2 Å². The second-order valence-corrected chi connectivity index (χ2v) is 7.76. The van der Waals surface area contributed by atoms with Gasteiger partial charge < -0.3 is 20.3 Å². The van der Waals surface area contributed by atoms with Gasteiger partial charge in [-0.3, -0.25) is 4.79 Å². The van der Waals surface area contributed by atoms with Gasteiger partial charge in [-0.25, -0.2) is 14.8 Å². The number of anilines is 1. The van der Waals surface area contributed by atoms with Crippen molar-refractivity contribution in [2.45, 2.75) is 13.0 Å². The van der Waals surface area contributed by atoms with Crippen molar-refractivity contribution in [3.05, 3.63) is 38.5 Å². The van der Waals surface area contributed by atoms with Crippen LogP contribution in [0, 0.1) is 18.8 Å². The molecule has 144 valence electrons. The van der Waals surface area contributed by atoms with E-state index in [2.05, 4.69) is 20.3 Å². The van der Waals surface area contributed by atoms with E-state index in [4.69, 9.17) is 39.9 Å². The van der Waals surface area contributed by atoms with E-state index in [0.717, 1.165) is 0 Å². The summed E-state index contributed by atoms with van der Waals surface area (Å²) in [6.45, 7) is 3.02. The Labute approximate surface area is 187 Å². The SMILES string of the molecule is Cc1[nH]c(C(=O)NC2[C@H]3CN(c4cc(C(=O)O)nc(Cl)n4)C[C@@H]23)c(Cl)c1Cl.[LiH]. The summed E-state index contributed by atoms with van der Waals surface area (Å²) >= 11 is 17.9. The number of H-pyrrole nitrogens is 1. The van der Waals surface area contributed by atoms with E-state index in [1.165, 1.54) is 6.07 Å². The van der Waals surface area contributed by atoms with Crippen molar-refractivity contribution in [2.24, 2.45) is 11.8 Å². The number of nitrogens with one attached hydrogen (secondary N) is 2. The molecule has 1 aliphatic carbocycles. The Morgan fingerprint density at radius 3 is 2.39 bits per heavy atom. The first-order valence-corrected chi connectivity index (χ1v) is 9.27. The summed E-state index contributed by atoms with van der Waals surface area (Å²) in [5.41, 5.74) is 0.752. The second-order valence-electron chi connectivity index (χ2n) is 6.67. The molecule has 1 unspecified atom stereocenters. The third-order valence-corrected chi connectivity index (χ3v) is 6.12. The number of halogens is 3. The number of hydrogen-bond donors (Lipinski definition) is 3.